The number of carbonyl (C=O) groups is 1. The van der Waals surface area contributed by atoms with Crippen molar-refractivity contribution in [2.24, 2.45) is 5.10 Å². The van der Waals surface area contributed by atoms with Crippen molar-refractivity contribution < 1.29 is 9.90 Å². The molecule has 1 aromatic heterocycles. The molecule has 0 aliphatic rings. The number of amides is 1. The zero-order valence-electron chi connectivity index (χ0n) is 14.4. The first-order valence-electron chi connectivity index (χ1n) is 8.53. The summed E-state index contributed by atoms with van der Waals surface area (Å²) in [5, 5.41) is 24.0. The van der Waals surface area contributed by atoms with E-state index in [1.165, 1.54) is 6.21 Å². The number of benzene rings is 3. The summed E-state index contributed by atoms with van der Waals surface area (Å²) in [6.45, 7) is 0.404. The lowest BCUT2D eigenvalue weighted by atomic mass is 10.0. The van der Waals surface area contributed by atoms with E-state index in [2.05, 4.69) is 20.8 Å². The lowest BCUT2D eigenvalue weighted by Crippen LogP contribution is -2.19. The standard InChI is InChI=1S/C20H17N5O2/c26-19-10-9-14-5-1-2-6-15(14)16(19)13-21-23-20(27)11-12-25-18-8-4-3-7-17(18)22-24-25/h1-10,13,26H,11-12H2,(H,23,27)/b21-13-. The van der Waals surface area contributed by atoms with Crippen molar-refractivity contribution in [3.8, 4) is 5.75 Å². The zero-order chi connectivity index (χ0) is 18.6. The van der Waals surface area contributed by atoms with E-state index in [1.807, 2.05) is 54.6 Å². The van der Waals surface area contributed by atoms with Crippen LogP contribution in [0.25, 0.3) is 21.8 Å². The number of aromatic nitrogens is 3. The topological polar surface area (TPSA) is 92.4 Å². The first-order valence-corrected chi connectivity index (χ1v) is 8.53. The van der Waals surface area contributed by atoms with Gasteiger partial charge in [-0.25, -0.2) is 10.1 Å². The second-order valence-corrected chi connectivity index (χ2v) is 6.06. The summed E-state index contributed by atoms with van der Waals surface area (Å²) < 4.78 is 1.69. The molecule has 1 amide bonds. The second-order valence-electron chi connectivity index (χ2n) is 6.06. The van der Waals surface area contributed by atoms with Gasteiger partial charge in [-0.2, -0.15) is 5.10 Å². The third-order valence-corrected chi connectivity index (χ3v) is 4.30. The second kappa shape index (κ2) is 7.25. The van der Waals surface area contributed by atoms with Gasteiger partial charge < -0.3 is 5.11 Å². The molecule has 0 unspecified atom stereocenters. The molecule has 4 aromatic rings. The third kappa shape index (κ3) is 3.48. The number of phenols is 1. The van der Waals surface area contributed by atoms with Crippen LogP contribution in [0.4, 0.5) is 0 Å². The van der Waals surface area contributed by atoms with Gasteiger partial charge in [0.1, 0.15) is 11.3 Å². The monoisotopic (exact) mass is 359 g/mol. The van der Waals surface area contributed by atoms with Crippen molar-refractivity contribution in [3.05, 3.63) is 66.2 Å². The number of nitrogens with zero attached hydrogens (tertiary/aromatic N) is 4. The van der Waals surface area contributed by atoms with Crippen LogP contribution in [-0.2, 0) is 11.3 Å². The number of hydrazone groups is 1. The molecule has 3 aromatic carbocycles. The fourth-order valence-electron chi connectivity index (χ4n) is 2.93. The van der Waals surface area contributed by atoms with Crippen LogP contribution in [0.2, 0.25) is 0 Å². The number of hydrogen-bond acceptors (Lipinski definition) is 5. The predicted molar refractivity (Wildman–Crippen MR) is 103 cm³/mol. The van der Waals surface area contributed by atoms with Gasteiger partial charge in [-0.05, 0) is 29.0 Å². The van der Waals surface area contributed by atoms with Gasteiger partial charge in [-0.1, -0.05) is 47.7 Å². The minimum absolute atomic E-state index is 0.112. The van der Waals surface area contributed by atoms with Crippen LogP contribution >= 0.6 is 0 Å². The van der Waals surface area contributed by atoms with E-state index in [0.717, 1.165) is 21.8 Å². The number of hydrogen-bond donors (Lipinski definition) is 2. The Labute approximate surface area is 154 Å². The lowest BCUT2D eigenvalue weighted by Gasteiger charge is -2.05. The highest BCUT2D eigenvalue weighted by atomic mass is 16.3. The van der Waals surface area contributed by atoms with Crippen molar-refractivity contribution in [1.82, 2.24) is 20.4 Å². The Kier molecular flexibility index (Phi) is 4.49. The minimum atomic E-state index is -0.245. The average Bonchev–Trinajstić information content (AvgIpc) is 3.11. The normalized spacial score (nSPS) is 11.4. The van der Waals surface area contributed by atoms with Gasteiger partial charge in [0.25, 0.3) is 0 Å². The number of rotatable bonds is 5. The maximum Gasteiger partial charge on any atom is 0.241 e. The Morgan fingerprint density at radius 3 is 2.85 bits per heavy atom. The summed E-state index contributed by atoms with van der Waals surface area (Å²) in [5.41, 5.74) is 4.73. The molecule has 27 heavy (non-hydrogen) atoms. The summed E-state index contributed by atoms with van der Waals surface area (Å²) in [6, 6.07) is 18.7. The fourth-order valence-corrected chi connectivity index (χ4v) is 2.93. The smallest absolute Gasteiger partial charge is 0.241 e. The first-order chi connectivity index (χ1) is 13.2. The van der Waals surface area contributed by atoms with E-state index in [1.54, 1.807) is 10.7 Å². The highest BCUT2D eigenvalue weighted by Crippen LogP contribution is 2.25. The van der Waals surface area contributed by atoms with E-state index in [-0.39, 0.29) is 18.1 Å². The molecule has 2 N–H and O–H groups in total. The molecule has 7 nitrogen and oxygen atoms in total. The molecule has 0 spiro atoms. The number of nitrogens with one attached hydrogen (secondary N) is 1. The maximum atomic E-state index is 12.1. The van der Waals surface area contributed by atoms with Crippen molar-refractivity contribution in [2.45, 2.75) is 13.0 Å². The van der Waals surface area contributed by atoms with Crippen LogP contribution in [0.1, 0.15) is 12.0 Å². The molecular formula is C20H17N5O2. The van der Waals surface area contributed by atoms with Crippen LogP contribution in [-0.4, -0.2) is 32.2 Å². The van der Waals surface area contributed by atoms with Crippen LogP contribution in [0.15, 0.2) is 65.8 Å². The van der Waals surface area contributed by atoms with E-state index in [9.17, 15) is 9.90 Å². The largest absolute Gasteiger partial charge is 0.507 e. The summed E-state index contributed by atoms with van der Waals surface area (Å²) in [4.78, 5) is 12.1. The van der Waals surface area contributed by atoms with Gasteiger partial charge in [0.2, 0.25) is 5.91 Å². The van der Waals surface area contributed by atoms with Gasteiger partial charge in [0.15, 0.2) is 0 Å². The molecule has 134 valence electrons. The Morgan fingerprint density at radius 1 is 1.11 bits per heavy atom. The average molecular weight is 359 g/mol. The van der Waals surface area contributed by atoms with Crippen LogP contribution in [0.5, 0.6) is 5.75 Å². The van der Waals surface area contributed by atoms with E-state index >= 15 is 0 Å². The van der Waals surface area contributed by atoms with Gasteiger partial charge in [-0.15, -0.1) is 5.10 Å². The summed E-state index contributed by atoms with van der Waals surface area (Å²) in [5.74, 6) is -0.133. The molecule has 0 bridgehead atoms. The number of carbonyl (C=O) groups excluding carboxylic acids is 1. The minimum Gasteiger partial charge on any atom is -0.507 e. The quantitative estimate of drug-likeness (QED) is 0.423. The van der Waals surface area contributed by atoms with Crippen molar-refractivity contribution in [3.63, 3.8) is 0 Å². The Bertz CT molecular complexity index is 1150. The van der Waals surface area contributed by atoms with Crippen molar-refractivity contribution in [2.75, 3.05) is 0 Å². The number of fused-ring (bicyclic) bond motifs is 2. The number of phenolic OH excluding ortho intramolecular Hbond substituents is 1. The van der Waals surface area contributed by atoms with Crippen LogP contribution in [0.3, 0.4) is 0 Å². The Morgan fingerprint density at radius 2 is 1.93 bits per heavy atom. The number of para-hydroxylation sites is 1. The predicted octanol–water partition coefficient (Wildman–Crippen LogP) is 2.83. The molecule has 0 aliphatic heterocycles. The number of aromatic hydroxyl groups is 1. The molecular weight excluding hydrogens is 342 g/mol. The molecule has 0 aliphatic carbocycles. The highest BCUT2D eigenvalue weighted by molar-refractivity contribution is 6.02. The molecule has 0 saturated heterocycles. The molecule has 0 radical (unpaired) electrons. The zero-order valence-corrected chi connectivity index (χ0v) is 14.4. The SMILES string of the molecule is O=C(CCn1nnc2ccccc21)N/N=C\c1c(O)ccc2ccccc12. The molecule has 0 fully saturated rings. The number of aryl methyl sites for hydroxylation is 1. The highest BCUT2D eigenvalue weighted by Gasteiger charge is 2.07. The van der Waals surface area contributed by atoms with Crippen molar-refractivity contribution in [1.29, 1.82) is 0 Å². The Hall–Kier alpha value is -3.74. The van der Waals surface area contributed by atoms with E-state index < -0.39 is 0 Å². The van der Waals surface area contributed by atoms with Gasteiger partial charge in [0, 0.05) is 12.0 Å². The molecule has 0 atom stereocenters. The fraction of sp³-hybridized carbons (Fsp3) is 0.100. The molecule has 1 heterocycles. The van der Waals surface area contributed by atoms with E-state index in [0.29, 0.717) is 12.1 Å². The van der Waals surface area contributed by atoms with Gasteiger partial charge >= 0.3 is 0 Å². The Balaban J connectivity index is 1.42. The first kappa shape index (κ1) is 16.7. The molecule has 7 heteroatoms. The molecule has 4 rings (SSSR count). The van der Waals surface area contributed by atoms with Gasteiger partial charge in [0.05, 0.1) is 18.3 Å². The van der Waals surface area contributed by atoms with Crippen LogP contribution < -0.4 is 5.43 Å². The molecule has 0 saturated carbocycles. The van der Waals surface area contributed by atoms with E-state index in [4.69, 9.17) is 0 Å². The summed E-state index contributed by atoms with van der Waals surface area (Å²) >= 11 is 0. The summed E-state index contributed by atoms with van der Waals surface area (Å²) in [7, 11) is 0. The lowest BCUT2D eigenvalue weighted by molar-refractivity contribution is -0.121. The summed E-state index contributed by atoms with van der Waals surface area (Å²) in [6.07, 6.45) is 1.67. The van der Waals surface area contributed by atoms with Crippen LogP contribution in [0, 0.1) is 0 Å². The third-order valence-electron chi connectivity index (χ3n) is 4.30. The maximum absolute atomic E-state index is 12.1. The van der Waals surface area contributed by atoms with Crippen molar-refractivity contribution >= 4 is 33.9 Å². The van der Waals surface area contributed by atoms with Gasteiger partial charge in [-0.3, -0.25) is 4.79 Å².